The van der Waals surface area contributed by atoms with E-state index in [-0.39, 0.29) is 6.42 Å². The first-order valence-corrected chi connectivity index (χ1v) is 6.93. The van der Waals surface area contributed by atoms with Gasteiger partial charge in [-0.05, 0) is 26.3 Å². The van der Waals surface area contributed by atoms with Gasteiger partial charge in [-0.3, -0.25) is 4.79 Å². The Labute approximate surface area is 115 Å². The van der Waals surface area contributed by atoms with Crippen LogP contribution in [-0.4, -0.2) is 63.8 Å². The topological polar surface area (TPSA) is 77.0 Å². The zero-order valence-electron chi connectivity index (χ0n) is 11.9. The van der Waals surface area contributed by atoms with E-state index in [1.807, 2.05) is 6.92 Å². The van der Waals surface area contributed by atoms with E-state index < -0.39 is 5.97 Å². The molecule has 0 radical (unpaired) electrons. The maximum atomic E-state index is 10.2. The number of rotatable bonds is 15. The van der Waals surface area contributed by atoms with Crippen molar-refractivity contribution < 1.29 is 24.1 Å². The van der Waals surface area contributed by atoms with Crippen molar-refractivity contribution in [1.29, 1.82) is 0 Å². The van der Waals surface area contributed by atoms with Gasteiger partial charge in [0.2, 0.25) is 0 Å². The highest BCUT2D eigenvalue weighted by Gasteiger charge is 1.95. The van der Waals surface area contributed by atoms with E-state index in [2.05, 4.69) is 5.32 Å². The number of carboxylic acids is 1. The Hall–Kier alpha value is -0.690. The number of hydrogen-bond donors (Lipinski definition) is 2. The average Bonchev–Trinajstić information content (AvgIpc) is 2.39. The highest BCUT2D eigenvalue weighted by molar-refractivity contribution is 5.66. The van der Waals surface area contributed by atoms with Gasteiger partial charge in [-0.25, -0.2) is 0 Å². The van der Waals surface area contributed by atoms with Crippen LogP contribution in [0.25, 0.3) is 0 Å². The second-order valence-corrected chi connectivity index (χ2v) is 4.02. The molecule has 0 aliphatic heterocycles. The average molecular weight is 277 g/mol. The zero-order valence-corrected chi connectivity index (χ0v) is 11.9. The van der Waals surface area contributed by atoms with Crippen LogP contribution in [0.4, 0.5) is 0 Å². The van der Waals surface area contributed by atoms with Crippen LogP contribution < -0.4 is 5.32 Å². The summed E-state index contributed by atoms with van der Waals surface area (Å²) in [5, 5.41) is 11.6. The van der Waals surface area contributed by atoms with Crippen molar-refractivity contribution in [3.8, 4) is 0 Å². The molecule has 0 heterocycles. The van der Waals surface area contributed by atoms with E-state index in [9.17, 15) is 4.79 Å². The molecule has 0 aromatic rings. The lowest BCUT2D eigenvalue weighted by Crippen LogP contribution is -2.22. The molecule has 0 spiro atoms. The van der Waals surface area contributed by atoms with Gasteiger partial charge < -0.3 is 24.6 Å². The Bertz CT molecular complexity index is 201. The monoisotopic (exact) mass is 277 g/mol. The number of ether oxygens (including phenoxy) is 3. The summed E-state index contributed by atoms with van der Waals surface area (Å²) in [6.45, 7) is 7.45. The number of nitrogens with one attached hydrogen (secondary N) is 1. The minimum atomic E-state index is -0.750. The number of carbonyl (C=O) groups is 1. The van der Waals surface area contributed by atoms with E-state index in [1.54, 1.807) is 0 Å². The van der Waals surface area contributed by atoms with Gasteiger partial charge in [0.25, 0.3) is 0 Å². The summed E-state index contributed by atoms with van der Waals surface area (Å²) in [6, 6.07) is 0. The van der Waals surface area contributed by atoms with E-state index in [0.29, 0.717) is 39.4 Å². The van der Waals surface area contributed by atoms with E-state index in [1.165, 1.54) is 0 Å². The molecule has 0 aliphatic carbocycles. The van der Waals surface area contributed by atoms with Crippen LogP contribution in [0.5, 0.6) is 0 Å². The van der Waals surface area contributed by atoms with Gasteiger partial charge in [-0.15, -0.1) is 0 Å². The number of hydrogen-bond acceptors (Lipinski definition) is 5. The third-order valence-corrected chi connectivity index (χ3v) is 2.32. The fourth-order valence-corrected chi connectivity index (χ4v) is 1.36. The number of aliphatic carboxylic acids is 1. The Morgan fingerprint density at radius 2 is 1.63 bits per heavy atom. The molecular formula is C13H27NO5. The summed E-state index contributed by atoms with van der Waals surface area (Å²) < 4.78 is 15.9. The summed E-state index contributed by atoms with van der Waals surface area (Å²) in [7, 11) is 0. The molecule has 0 atom stereocenters. The van der Waals surface area contributed by atoms with Crippen molar-refractivity contribution in [2.45, 2.75) is 26.2 Å². The number of carboxylic acid groups (broad SMARTS) is 1. The normalized spacial score (nSPS) is 10.8. The summed E-state index contributed by atoms with van der Waals surface area (Å²) in [4.78, 5) is 10.2. The van der Waals surface area contributed by atoms with Crippen LogP contribution in [0.1, 0.15) is 26.2 Å². The standard InChI is InChI=1S/C13H27NO5/c1-2-17-8-4-9-18-11-12-19-10-7-14-6-3-5-13(15)16/h14H,2-12H2,1H3,(H,15,16). The smallest absolute Gasteiger partial charge is 0.303 e. The lowest BCUT2D eigenvalue weighted by atomic mass is 10.3. The van der Waals surface area contributed by atoms with Crippen LogP contribution in [-0.2, 0) is 19.0 Å². The SMILES string of the molecule is CCOCCCOCCOCCNCCCC(=O)O. The minimum absolute atomic E-state index is 0.212. The Morgan fingerprint density at radius 1 is 0.947 bits per heavy atom. The predicted molar refractivity (Wildman–Crippen MR) is 72.5 cm³/mol. The van der Waals surface area contributed by atoms with Crippen molar-refractivity contribution in [2.24, 2.45) is 0 Å². The van der Waals surface area contributed by atoms with E-state index in [4.69, 9.17) is 19.3 Å². The molecule has 0 aliphatic rings. The quantitative estimate of drug-likeness (QED) is 0.433. The van der Waals surface area contributed by atoms with Crippen LogP contribution in [0, 0.1) is 0 Å². The molecule has 2 N–H and O–H groups in total. The second-order valence-electron chi connectivity index (χ2n) is 4.02. The Kier molecular flexibility index (Phi) is 14.8. The second kappa shape index (κ2) is 15.4. The largest absolute Gasteiger partial charge is 0.481 e. The predicted octanol–water partition coefficient (Wildman–Crippen LogP) is 0.901. The molecule has 0 fully saturated rings. The molecule has 0 rings (SSSR count). The summed E-state index contributed by atoms with van der Waals surface area (Å²) in [6.07, 6.45) is 1.78. The molecular weight excluding hydrogens is 250 g/mol. The maximum absolute atomic E-state index is 10.2. The molecule has 0 aromatic carbocycles. The maximum Gasteiger partial charge on any atom is 0.303 e. The molecule has 0 amide bonds. The van der Waals surface area contributed by atoms with Crippen LogP contribution >= 0.6 is 0 Å². The van der Waals surface area contributed by atoms with Crippen LogP contribution in [0.15, 0.2) is 0 Å². The zero-order chi connectivity index (χ0) is 14.2. The van der Waals surface area contributed by atoms with Crippen molar-refractivity contribution in [3.63, 3.8) is 0 Å². The van der Waals surface area contributed by atoms with Crippen LogP contribution in [0.3, 0.4) is 0 Å². The van der Waals surface area contributed by atoms with E-state index >= 15 is 0 Å². The van der Waals surface area contributed by atoms with Gasteiger partial charge >= 0.3 is 5.97 Å². The fourth-order valence-electron chi connectivity index (χ4n) is 1.36. The molecule has 0 unspecified atom stereocenters. The summed E-state index contributed by atoms with van der Waals surface area (Å²) in [5.41, 5.74) is 0. The van der Waals surface area contributed by atoms with Gasteiger partial charge in [0.1, 0.15) is 0 Å². The fraction of sp³-hybridized carbons (Fsp3) is 0.923. The minimum Gasteiger partial charge on any atom is -0.481 e. The van der Waals surface area contributed by atoms with Gasteiger partial charge in [-0.2, -0.15) is 0 Å². The first-order chi connectivity index (χ1) is 9.27. The molecule has 114 valence electrons. The Morgan fingerprint density at radius 3 is 2.32 bits per heavy atom. The van der Waals surface area contributed by atoms with E-state index in [0.717, 1.165) is 26.2 Å². The lowest BCUT2D eigenvalue weighted by Gasteiger charge is -2.07. The third kappa shape index (κ3) is 17.3. The van der Waals surface area contributed by atoms with Crippen molar-refractivity contribution in [2.75, 3.05) is 52.7 Å². The molecule has 19 heavy (non-hydrogen) atoms. The van der Waals surface area contributed by atoms with Crippen LogP contribution in [0.2, 0.25) is 0 Å². The van der Waals surface area contributed by atoms with Gasteiger partial charge in [0.15, 0.2) is 0 Å². The van der Waals surface area contributed by atoms with Gasteiger partial charge in [0.05, 0.1) is 19.8 Å². The molecule has 6 nitrogen and oxygen atoms in total. The van der Waals surface area contributed by atoms with Gasteiger partial charge in [-0.1, -0.05) is 0 Å². The summed E-state index contributed by atoms with van der Waals surface area (Å²) in [5.74, 6) is -0.750. The highest BCUT2D eigenvalue weighted by atomic mass is 16.5. The molecule has 0 saturated carbocycles. The Balaban J connectivity index is 2.93. The first-order valence-electron chi connectivity index (χ1n) is 6.93. The van der Waals surface area contributed by atoms with Crippen molar-refractivity contribution in [1.82, 2.24) is 5.32 Å². The molecule has 0 bridgehead atoms. The van der Waals surface area contributed by atoms with Gasteiger partial charge in [0, 0.05) is 32.8 Å². The molecule has 0 aromatic heterocycles. The third-order valence-electron chi connectivity index (χ3n) is 2.32. The highest BCUT2D eigenvalue weighted by Crippen LogP contribution is 1.87. The van der Waals surface area contributed by atoms with Crippen molar-refractivity contribution in [3.05, 3.63) is 0 Å². The first kappa shape index (κ1) is 18.3. The summed E-state index contributed by atoms with van der Waals surface area (Å²) >= 11 is 0. The lowest BCUT2D eigenvalue weighted by molar-refractivity contribution is -0.137. The molecule has 6 heteroatoms. The molecule has 0 saturated heterocycles. The van der Waals surface area contributed by atoms with Crippen molar-refractivity contribution >= 4 is 5.97 Å².